The zero-order valence-electron chi connectivity index (χ0n) is 11.6. The second kappa shape index (κ2) is 6.62. The van der Waals surface area contributed by atoms with Crippen LogP contribution >= 0.6 is 0 Å². The average molecular weight is 247 g/mol. The number of anilines is 2. The Hall–Kier alpha value is -1.25. The molecule has 2 N–H and O–H groups in total. The van der Waals surface area contributed by atoms with Crippen LogP contribution in [0.2, 0.25) is 0 Å². The molecule has 0 radical (unpaired) electrons. The molecular weight excluding hydrogens is 222 g/mol. The van der Waals surface area contributed by atoms with Crippen molar-refractivity contribution in [1.29, 1.82) is 0 Å². The van der Waals surface area contributed by atoms with Crippen molar-refractivity contribution in [1.82, 2.24) is 4.98 Å². The first kappa shape index (κ1) is 13.2. The molecule has 1 aliphatic carbocycles. The lowest BCUT2D eigenvalue weighted by Gasteiger charge is -2.18. The summed E-state index contributed by atoms with van der Waals surface area (Å²) in [5.74, 6) is 1.95. The molecule has 1 heterocycles. The first-order chi connectivity index (χ1) is 8.81. The van der Waals surface area contributed by atoms with Gasteiger partial charge >= 0.3 is 0 Å². The molecule has 1 saturated carbocycles. The van der Waals surface area contributed by atoms with E-state index in [-0.39, 0.29) is 0 Å². The summed E-state index contributed by atoms with van der Waals surface area (Å²) in [5, 5.41) is 6.96. The summed E-state index contributed by atoms with van der Waals surface area (Å²) in [7, 11) is 0. The number of nitrogens with zero attached hydrogens (tertiary/aromatic N) is 1. The van der Waals surface area contributed by atoms with E-state index in [0.717, 1.165) is 24.7 Å². The fourth-order valence-electron chi connectivity index (χ4n) is 2.19. The monoisotopic (exact) mass is 247 g/mol. The molecule has 3 nitrogen and oxygen atoms in total. The highest BCUT2D eigenvalue weighted by Gasteiger charge is 2.24. The third-order valence-electron chi connectivity index (χ3n) is 3.49. The maximum absolute atomic E-state index is 4.33. The molecule has 1 aliphatic rings. The molecular formula is C15H25N3. The molecule has 0 aliphatic heterocycles. The second-order valence-corrected chi connectivity index (χ2v) is 5.29. The summed E-state index contributed by atoms with van der Waals surface area (Å²) in [6.07, 6.45) is 8.37. The highest BCUT2D eigenvalue weighted by atomic mass is 15.0. The van der Waals surface area contributed by atoms with Gasteiger partial charge in [0.1, 0.15) is 5.82 Å². The SMILES string of the molecule is CCCNc1cc(NC(CC)CC2CC2)ccn1. The van der Waals surface area contributed by atoms with E-state index in [2.05, 4.69) is 41.6 Å². The first-order valence-electron chi connectivity index (χ1n) is 7.28. The molecule has 1 fully saturated rings. The highest BCUT2D eigenvalue weighted by molar-refractivity contribution is 5.52. The zero-order chi connectivity index (χ0) is 12.8. The van der Waals surface area contributed by atoms with E-state index in [1.807, 2.05) is 6.20 Å². The van der Waals surface area contributed by atoms with E-state index in [1.54, 1.807) is 0 Å². The smallest absolute Gasteiger partial charge is 0.127 e. The molecule has 0 amide bonds. The number of hydrogen-bond acceptors (Lipinski definition) is 3. The second-order valence-electron chi connectivity index (χ2n) is 5.29. The van der Waals surface area contributed by atoms with Gasteiger partial charge in [0, 0.05) is 30.5 Å². The van der Waals surface area contributed by atoms with Gasteiger partial charge in [-0.2, -0.15) is 0 Å². The van der Waals surface area contributed by atoms with Crippen molar-refractivity contribution >= 4 is 11.5 Å². The van der Waals surface area contributed by atoms with Gasteiger partial charge in [0.25, 0.3) is 0 Å². The number of hydrogen-bond donors (Lipinski definition) is 2. The molecule has 0 spiro atoms. The van der Waals surface area contributed by atoms with Gasteiger partial charge in [-0.3, -0.25) is 0 Å². The molecule has 1 unspecified atom stereocenters. The molecule has 1 aromatic rings. The van der Waals surface area contributed by atoms with Gasteiger partial charge in [-0.05, 0) is 31.2 Å². The highest BCUT2D eigenvalue weighted by Crippen LogP contribution is 2.34. The van der Waals surface area contributed by atoms with Crippen LogP contribution in [-0.2, 0) is 0 Å². The van der Waals surface area contributed by atoms with Crippen LogP contribution in [0.4, 0.5) is 11.5 Å². The Balaban J connectivity index is 1.89. The summed E-state index contributed by atoms with van der Waals surface area (Å²) in [6, 6.07) is 4.79. The molecule has 100 valence electrons. The Morgan fingerprint density at radius 2 is 2.22 bits per heavy atom. The van der Waals surface area contributed by atoms with Crippen molar-refractivity contribution in [2.24, 2.45) is 5.92 Å². The van der Waals surface area contributed by atoms with Gasteiger partial charge in [0.15, 0.2) is 0 Å². The van der Waals surface area contributed by atoms with Gasteiger partial charge in [-0.15, -0.1) is 0 Å². The zero-order valence-corrected chi connectivity index (χ0v) is 11.6. The predicted octanol–water partition coefficient (Wildman–Crippen LogP) is 3.89. The fourth-order valence-corrected chi connectivity index (χ4v) is 2.19. The van der Waals surface area contributed by atoms with Gasteiger partial charge in [0.05, 0.1) is 0 Å². The maximum Gasteiger partial charge on any atom is 0.127 e. The molecule has 3 heteroatoms. The summed E-state index contributed by atoms with van der Waals surface area (Å²) >= 11 is 0. The average Bonchev–Trinajstić information content (AvgIpc) is 3.20. The molecule has 2 rings (SSSR count). The van der Waals surface area contributed by atoms with Gasteiger partial charge < -0.3 is 10.6 Å². The number of pyridine rings is 1. The van der Waals surface area contributed by atoms with Crippen LogP contribution in [0.25, 0.3) is 0 Å². The van der Waals surface area contributed by atoms with Crippen LogP contribution in [0.3, 0.4) is 0 Å². The Labute approximate surface area is 110 Å². The maximum atomic E-state index is 4.33. The number of nitrogens with one attached hydrogen (secondary N) is 2. The van der Waals surface area contributed by atoms with Crippen molar-refractivity contribution in [3.05, 3.63) is 18.3 Å². The minimum Gasteiger partial charge on any atom is -0.382 e. The van der Waals surface area contributed by atoms with Gasteiger partial charge in [-0.25, -0.2) is 4.98 Å². The van der Waals surface area contributed by atoms with Crippen LogP contribution in [0.1, 0.15) is 46.0 Å². The van der Waals surface area contributed by atoms with Crippen LogP contribution < -0.4 is 10.6 Å². The Morgan fingerprint density at radius 3 is 2.89 bits per heavy atom. The Kier molecular flexibility index (Phi) is 4.85. The van der Waals surface area contributed by atoms with Crippen molar-refractivity contribution in [2.75, 3.05) is 17.2 Å². The minimum atomic E-state index is 0.610. The Bertz CT molecular complexity index is 361. The van der Waals surface area contributed by atoms with Crippen LogP contribution in [0.5, 0.6) is 0 Å². The van der Waals surface area contributed by atoms with E-state index in [9.17, 15) is 0 Å². The quantitative estimate of drug-likeness (QED) is 0.731. The largest absolute Gasteiger partial charge is 0.382 e. The predicted molar refractivity (Wildman–Crippen MR) is 78.1 cm³/mol. The van der Waals surface area contributed by atoms with E-state index in [1.165, 1.54) is 31.4 Å². The lowest BCUT2D eigenvalue weighted by Crippen LogP contribution is -2.19. The molecule has 1 aromatic heterocycles. The van der Waals surface area contributed by atoms with E-state index in [4.69, 9.17) is 0 Å². The molecule has 18 heavy (non-hydrogen) atoms. The van der Waals surface area contributed by atoms with E-state index < -0.39 is 0 Å². The molecule has 0 saturated heterocycles. The van der Waals surface area contributed by atoms with Crippen molar-refractivity contribution < 1.29 is 0 Å². The van der Waals surface area contributed by atoms with Crippen molar-refractivity contribution in [2.45, 2.75) is 52.0 Å². The lowest BCUT2D eigenvalue weighted by atomic mass is 10.1. The third kappa shape index (κ3) is 4.21. The molecule has 0 bridgehead atoms. The Morgan fingerprint density at radius 1 is 1.39 bits per heavy atom. The fraction of sp³-hybridized carbons (Fsp3) is 0.667. The van der Waals surface area contributed by atoms with Gasteiger partial charge in [0.2, 0.25) is 0 Å². The first-order valence-corrected chi connectivity index (χ1v) is 7.28. The lowest BCUT2D eigenvalue weighted by molar-refractivity contribution is 0.587. The normalized spacial score (nSPS) is 16.3. The molecule has 0 aromatic carbocycles. The van der Waals surface area contributed by atoms with Crippen molar-refractivity contribution in [3.63, 3.8) is 0 Å². The van der Waals surface area contributed by atoms with E-state index >= 15 is 0 Å². The van der Waals surface area contributed by atoms with E-state index in [0.29, 0.717) is 6.04 Å². The van der Waals surface area contributed by atoms with Crippen molar-refractivity contribution in [3.8, 4) is 0 Å². The summed E-state index contributed by atoms with van der Waals surface area (Å²) in [4.78, 5) is 4.33. The number of rotatable bonds is 8. The third-order valence-corrected chi connectivity index (χ3v) is 3.49. The van der Waals surface area contributed by atoms with Crippen LogP contribution in [0.15, 0.2) is 18.3 Å². The molecule has 1 atom stereocenters. The summed E-state index contributed by atoms with van der Waals surface area (Å²) in [6.45, 7) is 5.41. The van der Waals surface area contributed by atoms with Crippen LogP contribution in [0, 0.1) is 5.92 Å². The topological polar surface area (TPSA) is 37.0 Å². The summed E-state index contributed by atoms with van der Waals surface area (Å²) in [5.41, 5.74) is 1.19. The summed E-state index contributed by atoms with van der Waals surface area (Å²) < 4.78 is 0. The van der Waals surface area contributed by atoms with Gasteiger partial charge in [-0.1, -0.05) is 26.7 Å². The standard InChI is InChI=1S/C15H25N3/c1-3-8-16-15-11-14(7-9-17-15)18-13(4-2)10-12-5-6-12/h7,9,11-13H,3-6,8,10H2,1-2H3,(H2,16,17,18). The number of aromatic nitrogens is 1. The minimum absolute atomic E-state index is 0.610. The van der Waals surface area contributed by atoms with Crippen LogP contribution in [-0.4, -0.2) is 17.6 Å².